The van der Waals surface area contributed by atoms with Gasteiger partial charge in [-0.05, 0) is 43.4 Å². The molecule has 170 valence electrons. The predicted molar refractivity (Wildman–Crippen MR) is 113 cm³/mol. The average Bonchev–Trinajstić information content (AvgIpc) is 2.77. The molecule has 1 fully saturated rings. The van der Waals surface area contributed by atoms with Gasteiger partial charge in [-0.1, -0.05) is 6.07 Å². The van der Waals surface area contributed by atoms with E-state index in [1.165, 1.54) is 6.07 Å². The lowest BCUT2D eigenvalue weighted by Crippen LogP contribution is -2.45. The first-order chi connectivity index (χ1) is 14.8. The SMILES string of the molecule is COc1ccc(OC)c(C(CCN2CCN(C)CC2)Oc2cccc(C(F)(F)F)c2)c1. The summed E-state index contributed by atoms with van der Waals surface area (Å²) in [6.07, 6.45) is -4.32. The van der Waals surface area contributed by atoms with Gasteiger partial charge in [-0.15, -0.1) is 0 Å². The van der Waals surface area contributed by atoms with Crippen LogP contribution in [0.25, 0.3) is 0 Å². The molecule has 1 atom stereocenters. The molecule has 1 heterocycles. The van der Waals surface area contributed by atoms with Crippen LogP contribution in [0.2, 0.25) is 0 Å². The van der Waals surface area contributed by atoms with Gasteiger partial charge in [-0.2, -0.15) is 13.2 Å². The third-order valence-electron chi connectivity index (χ3n) is 5.53. The highest BCUT2D eigenvalue weighted by molar-refractivity contribution is 5.42. The fourth-order valence-corrected chi connectivity index (χ4v) is 3.65. The molecular formula is C23H29F3N2O3. The maximum absolute atomic E-state index is 13.2. The zero-order chi connectivity index (χ0) is 22.4. The maximum atomic E-state index is 13.2. The van der Waals surface area contributed by atoms with E-state index in [2.05, 4.69) is 16.8 Å². The molecular weight excluding hydrogens is 409 g/mol. The van der Waals surface area contributed by atoms with Crippen molar-refractivity contribution in [1.82, 2.24) is 9.80 Å². The molecule has 1 saturated heterocycles. The molecule has 2 aromatic carbocycles. The topological polar surface area (TPSA) is 34.2 Å². The number of piperazine rings is 1. The number of hydrogen-bond acceptors (Lipinski definition) is 5. The van der Waals surface area contributed by atoms with Crippen LogP contribution in [0.1, 0.15) is 23.7 Å². The van der Waals surface area contributed by atoms with Gasteiger partial charge in [0.05, 0.1) is 19.8 Å². The minimum atomic E-state index is -4.43. The lowest BCUT2D eigenvalue weighted by Gasteiger charge is -2.33. The lowest BCUT2D eigenvalue weighted by atomic mass is 10.0. The summed E-state index contributed by atoms with van der Waals surface area (Å²) < 4.78 is 56.5. The van der Waals surface area contributed by atoms with Crippen LogP contribution in [-0.2, 0) is 6.18 Å². The number of nitrogens with zero attached hydrogens (tertiary/aromatic N) is 2. The number of halogens is 3. The van der Waals surface area contributed by atoms with Gasteiger partial charge in [0.1, 0.15) is 23.4 Å². The Balaban J connectivity index is 1.86. The molecule has 2 aromatic rings. The van der Waals surface area contributed by atoms with Gasteiger partial charge in [0.2, 0.25) is 0 Å². The van der Waals surface area contributed by atoms with Crippen molar-refractivity contribution in [3.63, 3.8) is 0 Å². The number of benzene rings is 2. The second-order valence-corrected chi connectivity index (χ2v) is 7.67. The van der Waals surface area contributed by atoms with Crippen LogP contribution in [0.4, 0.5) is 13.2 Å². The summed E-state index contributed by atoms with van der Waals surface area (Å²) >= 11 is 0. The van der Waals surface area contributed by atoms with Gasteiger partial charge < -0.3 is 24.0 Å². The molecule has 0 N–H and O–H groups in total. The van der Waals surface area contributed by atoms with Crippen molar-refractivity contribution in [3.8, 4) is 17.2 Å². The molecule has 0 saturated carbocycles. The molecule has 3 rings (SSSR count). The van der Waals surface area contributed by atoms with E-state index in [4.69, 9.17) is 14.2 Å². The minimum absolute atomic E-state index is 0.170. The minimum Gasteiger partial charge on any atom is -0.497 e. The average molecular weight is 438 g/mol. The van der Waals surface area contributed by atoms with Crippen molar-refractivity contribution in [2.75, 3.05) is 54.0 Å². The van der Waals surface area contributed by atoms with Crippen LogP contribution in [-0.4, -0.2) is 63.8 Å². The summed E-state index contributed by atoms with van der Waals surface area (Å²) in [5, 5.41) is 0. The standard InChI is InChI=1S/C23H29F3N2O3/c1-27-11-13-28(14-12-27)10-9-22(20-16-18(29-2)7-8-21(20)30-3)31-19-6-4-5-17(15-19)23(24,25)26/h4-8,15-16,22H,9-14H2,1-3H3. The first-order valence-electron chi connectivity index (χ1n) is 10.3. The summed E-state index contributed by atoms with van der Waals surface area (Å²) in [6.45, 7) is 4.63. The zero-order valence-corrected chi connectivity index (χ0v) is 18.1. The van der Waals surface area contributed by atoms with Crippen molar-refractivity contribution in [3.05, 3.63) is 53.6 Å². The Labute approximate surface area is 181 Å². The van der Waals surface area contributed by atoms with Gasteiger partial charge in [0.25, 0.3) is 0 Å². The Morgan fingerprint density at radius 3 is 2.32 bits per heavy atom. The Morgan fingerprint density at radius 1 is 0.935 bits per heavy atom. The van der Waals surface area contributed by atoms with E-state index in [-0.39, 0.29) is 5.75 Å². The Kier molecular flexibility index (Phi) is 7.67. The number of rotatable bonds is 8. The summed E-state index contributed by atoms with van der Waals surface area (Å²) in [7, 11) is 5.23. The van der Waals surface area contributed by atoms with E-state index in [1.807, 2.05) is 6.07 Å². The molecule has 0 amide bonds. The van der Waals surface area contributed by atoms with Gasteiger partial charge >= 0.3 is 6.18 Å². The quantitative estimate of drug-likeness (QED) is 0.607. The molecule has 0 bridgehead atoms. The first-order valence-corrected chi connectivity index (χ1v) is 10.3. The summed E-state index contributed by atoms with van der Waals surface area (Å²) in [5.74, 6) is 1.41. The highest BCUT2D eigenvalue weighted by Crippen LogP contribution is 2.36. The third-order valence-corrected chi connectivity index (χ3v) is 5.53. The van der Waals surface area contributed by atoms with Crippen LogP contribution >= 0.6 is 0 Å². The summed E-state index contributed by atoms with van der Waals surface area (Å²) in [4.78, 5) is 4.62. The largest absolute Gasteiger partial charge is 0.497 e. The second kappa shape index (κ2) is 10.2. The molecule has 0 aromatic heterocycles. The lowest BCUT2D eigenvalue weighted by molar-refractivity contribution is -0.137. The molecule has 0 spiro atoms. The van der Waals surface area contributed by atoms with Gasteiger partial charge in [-0.25, -0.2) is 0 Å². The molecule has 1 unspecified atom stereocenters. The molecule has 1 aliphatic rings. The second-order valence-electron chi connectivity index (χ2n) is 7.67. The van der Waals surface area contributed by atoms with E-state index in [0.29, 0.717) is 17.9 Å². The van der Waals surface area contributed by atoms with Crippen molar-refractivity contribution in [2.45, 2.75) is 18.7 Å². The van der Waals surface area contributed by atoms with Crippen molar-refractivity contribution >= 4 is 0 Å². The zero-order valence-electron chi connectivity index (χ0n) is 18.1. The van der Waals surface area contributed by atoms with Crippen LogP contribution in [0.3, 0.4) is 0 Å². The fraction of sp³-hybridized carbons (Fsp3) is 0.478. The summed E-state index contributed by atoms with van der Waals surface area (Å²) in [6, 6.07) is 10.4. The third kappa shape index (κ3) is 6.27. The van der Waals surface area contributed by atoms with Crippen molar-refractivity contribution < 1.29 is 27.4 Å². The van der Waals surface area contributed by atoms with Crippen molar-refractivity contribution in [2.24, 2.45) is 0 Å². The van der Waals surface area contributed by atoms with Crippen LogP contribution in [0.15, 0.2) is 42.5 Å². The van der Waals surface area contributed by atoms with Gasteiger partial charge in [0.15, 0.2) is 0 Å². The van der Waals surface area contributed by atoms with Crippen LogP contribution in [0, 0.1) is 0 Å². The molecule has 8 heteroatoms. The molecule has 0 aliphatic carbocycles. The summed E-state index contributed by atoms with van der Waals surface area (Å²) in [5.41, 5.74) is 0.00816. The molecule has 31 heavy (non-hydrogen) atoms. The number of likely N-dealkylation sites (N-methyl/N-ethyl adjacent to an activating group) is 1. The first kappa shape index (κ1) is 23.2. The molecule has 5 nitrogen and oxygen atoms in total. The van der Waals surface area contributed by atoms with Crippen LogP contribution in [0.5, 0.6) is 17.2 Å². The van der Waals surface area contributed by atoms with Gasteiger partial charge in [0, 0.05) is 44.7 Å². The number of alkyl halides is 3. The van der Waals surface area contributed by atoms with E-state index in [9.17, 15) is 13.2 Å². The van der Waals surface area contributed by atoms with Gasteiger partial charge in [-0.3, -0.25) is 0 Å². The maximum Gasteiger partial charge on any atom is 0.416 e. The number of ether oxygens (including phenoxy) is 3. The number of methoxy groups -OCH3 is 2. The van der Waals surface area contributed by atoms with E-state index in [0.717, 1.165) is 50.4 Å². The number of hydrogen-bond donors (Lipinski definition) is 0. The van der Waals surface area contributed by atoms with E-state index >= 15 is 0 Å². The molecule has 0 radical (unpaired) electrons. The van der Waals surface area contributed by atoms with Crippen molar-refractivity contribution in [1.29, 1.82) is 0 Å². The highest BCUT2D eigenvalue weighted by atomic mass is 19.4. The van der Waals surface area contributed by atoms with E-state index < -0.39 is 17.8 Å². The normalized spacial score (nSPS) is 16.7. The molecule has 1 aliphatic heterocycles. The van der Waals surface area contributed by atoms with E-state index in [1.54, 1.807) is 32.4 Å². The Morgan fingerprint density at radius 2 is 1.68 bits per heavy atom. The monoisotopic (exact) mass is 438 g/mol. The predicted octanol–water partition coefficient (Wildman–Crippen LogP) is 4.48. The Hall–Kier alpha value is -2.45. The van der Waals surface area contributed by atoms with Crippen LogP contribution < -0.4 is 14.2 Å². The fourth-order valence-electron chi connectivity index (χ4n) is 3.65. The highest BCUT2D eigenvalue weighted by Gasteiger charge is 2.31. The Bertz CT molecular complexity index is 852. The smallest absolute Gasteiger partial charge is 0.416 e.